The van der Waals surface area contributed by atoms with Crippen molar-refractivity contribution in [3.05, 3.63) is 35.4 Å². The summed E-state index contributed by atoms with van der Waals surface area (Å²) in [6.45, 7) is 1.97. The van der Waals surface area contributed by atoms with Gasteiger partial charge in [0.25, 0.3) is 0 Å². The number of rotatable bonds is 4. The van der Waals surface area contributed by atoms with E-state index in [1.54, 1.807) is 0 Å². The summed E-state index contributed by atoms with van der Waals surface area (Å²) in [5, 5.41) is 0. The van der Waals surface area contributed by atoms with Gasteiger partial charge >= 0.3 is 0 Å². The van der Waals surface area contributed by atoms with Crippen LogP contribution in [0.5, 0.6) is 0 Å². The zero-order chi connectivity index (χ0) is 13.0. The van der Waals surface area contributed by atoms with Crippen LogP contribution in [0.4, 0.5) is 8.78 Å². The molecule has 2 rings (SSSR count). The quantitative estimate of drug-likeness (QED) is 0.780. The fourth-order valence-corrected chi connectivity index (χ4v) is 2.64. The predicted molar refractivity (Wildman–Crippen MR) is 67.5 cm³/mol. The Morgan fingerprint density at radius 1 is 1.11 bits per heavy atom. The third-order valence-corrected chi connectivity index (χ3v) is 3.42. The molecule has 1 unspecified atom stereocenters. The normalized spacial score (nSPS) is 18.8. The molecule has 0 aromatic heterocycles. The van der Waals surface area contributed by atoms with E-state index in [9.17, 15) is 8.78 Å². The topological polar surface area (TPSA) is 9.23 Å². The molecule has 18 heavy (non-hydrogen) atoms. The lowest BCUT2D eigenvalue weighted by Crippen LogP contribution is -2.23. The van der Waals surface area contributed by atoms with Crippen LogP contribution in [0, 0.1) is 11.6 Å². The Morgan fingerprint density at radius 3 is 2.33 bits per heavy atom. The zero-order valence-electron chi connectivity index (χ0n) is 10.8. The average Bonchev–Trinajstić information content (AvgIpc) is 2.28. The van der Waals surface area contributed by atoms with Crippen molar-refractivity contribution >= 4 is 0 Å². The van der Waals surface area contributed by atoms with Gasteiger partial charge in [0, 0.05) is 6.07 Å². The van der Waals surface area contributed by atoms with Crippen LogP contribution >= 0.6 is 0 Å². The van der Waals surface area contributed by atoms with E-state index < -0.39 is 11.6 Å². The number of hydrogen-bond acceptors (Lipinski definition) is 1. The van der Waals surface area contributed by atoms with E-state index in [0.717, 1.165) is 18.9 Å². The molecule has 1 aromatic carbocycles. The molecule has 0 spiro atoms. The average molecular weight is 254 g/mol. The maximum Gasteiger partial charge on any atom is 0.126 e. The van der Waals surface area contributed by atoms with Crippen LogP contribution in [0.1, 0.15) is 44.6 Å². The highest BCUT2D eigenvalue weighted by Gasteiger charge is 2.17. The largest absolute Gasteiger partial charge is 0.375 e. The fraction of sp³-hybridized carbons (Fsp3) is 0.600. The van der Waals surface area contributed by atoms with Gasteiger partial charge in [0.05, 0.1) is 12.2 Å². The van der Waals surface area contributed by atoms with Crippen molar-refractivity contribution in [2.75, 3.05) is 0 Å². The molecule has 0 heterocycles. The van der Waals surface area contributed by atoms with E-state index in [2.05, 4.69) is 0 Å². The molecule has 100 valence electrons. The van der Waals surface area contributed by atoms with Gasteiger partial charge in [-0.25, -0.2) is 8.78 Å². The molecule has 1 saturated carbocycles. The summed E-state index contributed by atoms with van der Waals surface area (Å²) in [4.78, 5) is 0. The molecule has 0 aliphatic heterocycles. The van der Waals surface area contributed by atoms with Crippen LogP contribution in [0.25, 0.3) is 0 Å². The maximum atomic E-state index is 13.1. The third kappa shape index (κ3) is 4.05. The second-order valence-corrected chi connectivity index (χ2v) is 5.19. The molecule has 1 fully saturated rings. The Bertz CT molecular complexity index is 366. The molecule has 0 saturated heterocycles. The number of hydrogen-bond donors (Lipinski definition) is 0. The molecule has 1 atom stereocenters. The van der Waals surface area contributed by atoms with Crippen molar-refractivity contribution in [3.8, 4) is 0 Å². The van der Waals surface area contributed by atoms with Crippen molar-refractivity contribution < 1.29 is 13.5 Å². The van der Waals surface area contributed by atoms with Gasteiger partial charge in [-0.1, -0.05) is 19.3 Å². The summed E-state index contributed by atoms with van der Waals surface area (Å²) in [5.74, 6) is -1.04. The van der Waals surface area contributed by atoms with Gasteiger partial charge in [0.1, 0.15) is 11.6 Å². The van der Waals surface area contributed by atoms with Crippen LogP contribution in [-0.4, -0.2) is 12.2 Å². The molecule has 1 nitrogen and oxygen atoms in total. The van der Waals surface area contributed by atoms with Crippen LogP contribution in [0.15, 0.2) is 18.2 Å². The first-order valence-corrected chi connectivity index (χ1v) is 6.74. The third-order valence-electron chi connectivity index (χ3n) is 3.42. The van der Waals surface area contributed by atoms with Crippen LogP contribution in [0.2, 0.25) is 0 Å². The van der Waals surface area contributed by atoms with Gasteiger partial charge < -0.3 is 4.74 Å². The van der Waals surface area contributed by atoms with E-state index in [-0.39, 0.29) is 6.10 Å². The minimum absolute atomic E-state index is 0.00861. The molecule has 0 amide bonds. The summed E-state index contributed by atoms with van der Waals surface area (Å²) in [7, 11) is 0. The van der Waals surface area contributed by atoms with Gasteiger partial charge in [-0.3, -0.25) is 0 Å². The summed E-state index contributed by atoms with van der Waals surface area (Å²) in [6.07, 6.45) is 6.87. The highest BCUT2D eigenvalue weighted by Crippen LogP contribution is 2.22. The minimum atomic E-state index is -0.519. The lowest BCUT2D eigenvalue weighted by atomic mass is 9.97. The van der Waals surface area contributed by atoms with Crippen molar-refractivity contribution in [1.82, 2.24) is 0 Å². The fourth-order valence-electron chi connectivity index (χ4n) is 2.64. The highest BCUT2D eigenvalue weighted by atomic mass is 19.1. The van der Waals surface area contributed by atoms with Gasteiger partial charge in [-0.2, -0.15) is 0 Å². The molecular weight excluding hydrogens is 234 g/mol. The highest BCUT2D eigenvalue weighted by molar-refractivity contribution is 5.18. The SMILES string of the molecule is CC(Cc1cc(F)cc(F)c1)OC1CCCCC1. The first-order valence-electron chi connectivity index (χ1n) is 6.74. The van der Waals surface area contributed by atoms with Crippen LogP contribution < -0.4 is 0 Å². The first-order chi connectivity index (χ1) is 8.63. The zero-order valence-corrected chi connectivity index (χ0v) is 10.8. The summed E-state index contributed by atoms with van der Waals surface area (Å²) >= 11 is 0. The Balaban J connectivity index is 1.87. The Morgan fingerprint density at radius 2 is 1.72 bits per heavy atom. The summed E-state index contributed by atoms with van der Waals surface area (Å²) in [5.41, 5.74) is 0.663. The first kappa shape index (κ1) is 13.5. The molecular formula is C15H20F2O. The van der Waals surface area contributed by atoms with Crippen LogP contribution in [-0.2, 0) is 11.2 Å². The standard InChI is InChI=1S/C15H20F2O/c1-11(18-15-5-3-2-4-6-15)7-12-8-13(16)10-14(17)9-12/h8-11,15H,2-7H2,1H3. The van der Waals surface area contributed by atoms with Gasteiger partial charge in [0.2, 0.25) is 0 Å². The van der Waals surface area contributed by atoms with Crippen molar-refractivity contribution in [3.63, 3.8) is 0 Å². The predicted octanol–water partition coefficient (Wildman–Crippen LogP) is 4.25. The molecule has 0 N–H and O–H groups in total. The summed E-state index contributed by atoms with van der Waals surface area (Å²) < 4.78 is 32.0. The molecule has 0 radical (unpaired) electrons. The molecule has 1 aromatic rings. The van der Waals surface area contributed by atoms with E-state index in [4.69, 9.17) is 4.74 Å². The number of halogens is 2. The van der Waals surface area contributed by atoms with Crippen molar-refractivity contribution in [1.29, 1.82) is 0 Å². The molecule has 3 heteroatoms. The smallest absolute Gasteiger partial charge is 0.126 e. The molecule has 1 aliphatic carbocycles. The Hall–Kier alpha value is -0.960. The van der Waals surface area contributed by atoms with Crippen molar-refractivity contribution in [2.24, 2.45) is 0 Å². The van der Waals surface area contributed by atoms with E-state index in [0.29, 0.717) is 18.1 Å². The molecule has 1 aliphatic rings. The van der Waals surface area contributed by atoms with Gasteiger partial charge in [-0.05, 0) is 43.9 Å². The lowest BCUT2D eigenvalue weighted by Gasteiger charge is -2.25. The Kier molecular flexibility index (Phi) is 4.70. The van der Waals surface area contributed by atoms with Gasteiger partial charge in [-0.15, -0.1) is 0 Å². The van der Waals surface area contributed by atoms with Crippen molar-refractivity contribution in [2.45, 2.75) is 57.7 Å². The maximum absolute atomic E-state index is 13.1. The number of benzene rings is 1. The van der Waals surface area contributed by atoms with E-state index in [1.165, 1.54) is 31.4 Å². The minimum Gasteiger partial charge on any atom is -0.375 e. The van der Waals surface area contributed by atoms with E-state index >= 15 is 0 Å². The number of ether oxygens (including phenoxy) is 1. The second kappa shape index (κ2) is 6.28. The molecule has 0 bridgehead atoms. The monoisotopic (exact) mass is 254 g/mol. The Labute approximate surface area is 107 Å². The second-order valence-electron chi connectivity index (χ2n) is 5.19. The summed E-state index contributed by atoms with van der Waals surface area (Å²) in [6, 6.07) is 3.66. The van der Waals surface area contributed by atoms with Crippen LogP contribution in [0.3, 0.4) is 0 Å². The lowest BCUT2D eigenvalue weighted by molar-refractivity contribution is -0.0202. The van der Waals surface area contributed by atoms with E-state index in [1.807, 2.05) is 6.92 Å². The van der Waals surface area contributed by atoms with Gasteiger partial charge in [0.15, 0.2) is 0 Å².